The van der Waals surface area contributed by atoms with Gasteiger partial charge in [-0.15, -0.1) is 0 Å². The van der Waals surface area contributed by atoms with Crippen LogP contribution in [-0.2, 0) is 10.0 Å². The summed E-state index contributed by atoms with van der Waals surface area (Å²) < 4.78 is 31.0. The number of para-hydroxylation sites is 1. The minimum atomic E-state index is -3.50. The number of rotatable bonds is 7. The quantitative estimate of drug-likeness (QED) is 0.549. The molecule has 0 unspecified atom stereocenters. The largest absolute Gasteiger partial charge is 0.490 e. The van der Waals surface area contributed by atoms with Crippen molar-refractivity contribution in [3.63, 3.8) is 0 Å². The summed E-state index contributed by atoms with van der Waals surface area (Å²) >= 11 is 0. The van der Waals surface area contributed by atoms with Crippen LogP contribution in [0.1, 0.15) is 29.8 Å². The van der Waals surface area contributed by atoms with E-state index in [4.69, 9.17) is 4.74 Å². The summed E-state index contributed by atoms with van der Waals surface area (Å²) in [6.07, 6.45) is 3.19. The second-order valence-corrected chi connectivity index (χ2v) is 8.37. The van der Waals surface area contributed by atoms with Gasteiger partial charge in [0.15, 0.2) is 5.78 Å². The molecule has 0 saturated heterocycles. The molecule has 5 nitrogen and oxygen atoms in total. The zero-order valence-corrected chi connectivity index (χ0v) is 16.2. The van der Waals surface area contributed by atoms with Crippen molar-refractivity contribution < 1.29 is 17.9 Å². The van der Waals surface area contributed by atoms with E-state index in [1.54, 1.807) is 6.08 Å². The summed E-state index contributed by atoms with van der Waals surface area (Å²) in [7, 11) is -0.572. The maximum Gasteiger partial charge on any atom is 0.242 e. The molecular formula is C20H23NO4S. The lowest BCUT2D eigenvalue weighted by Gasteiger charge is -2.12. The number of ether oxygens (including phenoxy) is 1. The third-order valence-corrected chi connectivity index (χ3v) is 5.44. The van der Waals surface area contributed by atoms with Crippen LogP contribution in [0.2, 0.25) is 0 Å². The van der Waals surface area contributed by atoms with E-state index in [9.17, 15) is 13.2 Å². The molecule has 0 radical (unpaired) electrons. The highest BCUT2D eigenvalue weighted by Gasteiger charge is 2.17. The highest BCUT2D eigenvalue weighted by Crippen LogP contribution is 2.21. The zero-order valence-electron chi connectivity index (χ0n) is 15.3. The van der Waals surface area contributed by atoms with E-state index in [1.807, 2.05) is 38.1 Å². The third kappa shape index (κ3) is 4.80. The van der Waals surface area contributed by atoms with Crippen LogP contribution in [0, 0.1) is 0 Å². The minimum absolute atomic E-state index is 0.0337. The first-order valence-corrected chi connectivity index (χ1v) is 9.66. The number of sulfonamides is 1. The fourth-order valence-corrected chi connectivity index (χ4v) is 3.14. The van der Waals surface area contributed by atoms with Gasteiger partial charge in [-0.2, -0.15) is 0 Å². The van der Waals surface area contributed by atoms with Gasteiger partial charge in [0.25, 0.3) is 0 Å². The van der Waals surface area contributed by atoms with E-state index >= 15 is 0 Å². The van der Waals surface area contributed by atoms with Gasteiger partial charge in [0.2, 0.25) is 10.0 Å². The number of allylic oxidation sites excluding steroid dienone is 1. The maximum atomic E-state index is 12.4. The van der Waals surface area contributed by atoms with E-state index in [0.717, 1.165) is 9.87 Å². The highest BCUT2D eigenvalue weighted by molar-refractivity contribution is 7.89. The van der Waals surface area contributed by atoms with Crippen molar-refractivity contribution in [2.24, 2.45) is 0 Å². The lowest BCUT2D eigenvalue weighted by Crippen LogP contribution is -2.22. The van der Waals surface area contributed by atoms with Gasteiger partial charge in [0.05, 0.1) is 11.0 Å². The van der Waals surface area contributed by atoms with Crippen molar-refractivity contribution in [2.75, 3.05) is 14.1 Å². The van der Waals surface area contributed by atoms with Crippen molar-refractivity contribution in [2.45, 2.75) is 24.8 Å². The smallest absolute Gasteiger partial charge is 0.242 e. The molecule has 0 heterocycles. The Labute approximate surface area is 155 Å². The van der Waals surface area contributed by atoms with Gasteiger partial charge in [-0.05, 0) is 56.3 Å². The van der Waals surface area contributed by atoms with E-state index < -0.39 is 10.0 Å². The highest BCUT2D eigenvalue weighted by atomic mass is 32.2. The lowest BCUT2D eigenvalue weighted by atomic mass is 10.1. The standard InChI is InChI=1S/C20H23NO4S/c1-15(2)25-20-8-6-5-7-17(20)11-14-19(22)16-9-12-18(13-10-16)26(23,24)21(3)4/h5-15H,1-4H3/b14-11+. The molecular weight excluding hydrogens is 350 g/mol. The molecule has 0 aliphatic rings. The number of ketones is 1. The number of benzene rings is 2. The number of carbonyl (C=O) groups is 1. The average Bonchev–Trinajstić information content (AvgIpc) is 2.60. The van der Waals surface area contributed by atoms with Crippen LogP contribution in [0.15, 0.2) is 59.5 Å². The van der Waals surface area contributed by atoms with E-state index in [-0.39, 0.29) is 16.8 Å². The Balaban J connectivity index is 2.20. The summed E-state index contributed by atoms with van der Waals surface area (Å²) in [6.45, 7) is 3.88. The first-order chi connectivity index (χ1) is 12.2. The van der Waals surface area contributed by atoms with Gasteiger partial charge < -0.3 is 4.74 Å². The molecule has 0 aliphatic carbocycles. The van der Waals surface area contributed by atoms with E-state index in [2.05, 4.69) is 0 Å². The normalized spacial score (nSPS) is 12.1. The Bertz CT molecular complexity index is 898. The van der Waals surface area contributed by atoms with Gasteiger partial charge >= 0.3 is 0 Å². The van der Waals surface area contributed by atoms with Gasteiger partial charge in [-0.3, -0.25) is 4.79 Å². The van der Waals surface area contributed by atoms with Crippen LogP contribution in [0.4, 0.5) is 0 Å². The second kappa shape index (κ2) is 8.29. The fourth-order valence-electron chi connectivity index (χ4n) is 2.24. The summed E-state index contributed by atoms with van der Waals surface area (Å²) in [5.41, 5.74) is 1.22. The molecule has 0 aliphatic heterocycles. The first-order valence-electron chi connectivity index (χ1n) is 8.22. The van der Waals surface area contributed by atoms with Crippen molar-refractivity contribution in [3.05, 3.63) is 65.7 Å². The number of carbonyl (C=O) groups excluding carboxylic acids is 1. The zero-order chi connectivity index (χ0) is 19.3. The van der Waals surface area contributed by atoms with Crippen molar-refractivity contribution >= 4 is 21.9 Å². The van der Waals surface area contributed by atoms with Crippen LogP contribution in [0.3, 0.4) is 0 Å². The molecule has 2 rings (SSSR count). The average molecular weight is 373 g/mol. The topological polar surface area (TPSA) is 63.7 Å². The van der Waals surface area contributed by atoms with E-state index in [0.29, 0.717) is 11.3 Å². The molecule has 0 fully saturated rings. The Kier molecular flexibility index (Phi) is 6.34. The molecule has 6 heteroatoms. The Morgan fingerprint density at radius 3 is 2.23 bits per heavy atom. The predicted molar refractivity (Wildman–Crippen MR) is 103 cm³/mol. The maximum absolute atomic E-state index is 12.4. The van der Waals surface area contributed by atoms with E-state index in [1.165, 1.54) is 44.4 Å². The molecule has 2 aromatic carbocycles. The first kappa shape index (κ1) is 19.9. The van der Waals surface area contributed by atoms with Crippen LogP contribution in [0.5, 0.6) is 5.75 Å². The Hall–Kier alpha value is -2.44. The summed E-state index contributed by atoms with van der Waals surface area (Å²) in [4.78, 5) is 12.5. The van der Waals surface area contributed by atoms with Gasteiger partial charge in [0, 0.05) is 25.2 Å². The molecule has 0 spiro atoms. The third-order valence-electron chi connectivity index (χ3n) is 3.61. The Morgan fingerprint density at radius 1 is 1.04 bits per heavy atom. The van der Waals surface area contributed by atoms with Crippen LogP contribution in [0.25, 0.3) is 6.08 Å². The van der Waals surface area contributed by atoms with Crippen molar-refractivity contribution in [1.29, 1.82) is 0 Å². The van der Waals surface area contributed by atoms with Gasteiger partial charge in [0.1, 0.15) is 5.75 Å². The molecule has 0 bridgehead atoms. The summed E-state index contributed by atoms with van der Waals surface area (Å²) in [5.74, 6) is 0.497. The molecule has 0 N–H and O–H groups in total. The van der Waals surface area contributed by atoms with Crippen LogP contribution < -0.4 is 4.74 Å². The van der Waals surface area contributed by atoms with Crippen molar-refractivity contribution in [3.8, 4) is 5.75 Å². The summed E-state index contributed by atoms with van der Waals surface area (Å²) in [5, 5.41) is 0. The molecule has 138 valence electrons. The minimum Gasteiger partial charge on any atom is -0.490 e. The fraction of sp³-hybridized carbons (Fsp3) is 0.250. The van der Waals surface area contributed by atoms with Gasteiger partial charge in [-0.1, -0.05) is 18.2 Å². The van der Waals surface area contributed by atoms with Crippen molar-refractivity contribution in [1.82, 2.24) is 4.31 Å². The molecule has 0 aromatic heterocycles. The molecule has 0 saturated carbocycles. The Morgan fingerprint density at radius 2 is 1.65 bits per heavy atom. The molecule has 26 heavy (non-hydrogen) atoms. The SMILES string of the molecule is CC(C)Oc1ccccc1/C=C/C(=O)c1ccc(S(=O)(=O)N(C)C)cc1. The molecule has 0 amide bonds. The van der Waals surface area contributed by atoms with Crippen LogP contribution in [-0.4, -0.2) is 38.7 Å². The second-order valence-electron chi connectivity index (χ2n) is 6.21. The number of nitrogens with zero attached hydrogens (tertiary/aromatic N) is 1. The van der Waals surface area contributed by atoms with Gasteiger partial charge in [-0.25, -0.2) is 12.7 Å². The van der Waals surface area contributed by atoms with Crippen LogP contribution >= 0.6 is 0 Å². The number of hydrogen-bond donors (Lipinski definition) is 0. The number of hydrogen-bond acceptors (Lipinski definition) is 4. The molecule has 0 atom stereocenters. The summed E-state index contributed by atoms with van der Waals surface area (Å²) in [6, 6.07) is 13.4. The predicted octanol–water partition coefficient (Wildman–Crippen LogP) is 3.62. The lowest BCUT2D eigenvalue weighted by molar-refractivity contribution is 0.104. The molecule has 2 aromatic rings. The monoisotopic (exact) mass is 373 g/mol.